The Balaban J connectivity index is 2.16. The Bertz CT molecular complexity index is 320. The molecule has 1 rings (SSSR count). The third-order valence-electron chi connectivity index (χ3n) is 2.30. The molecule has 4 nitrogen and oxygen atoms in total. The van der Waals surface area contributed by atoms with E-state index in [-0.39, 0.29) is 0 Å². The first kappa shape index (κ1) is 14.3. The van der Waals surface area contributed by atoms with Crippen LogP contribution in [0.3, 0.4) is 0 Å². The van der Waals surface area contributed by atoms with Gasteiger partial charge in [0.25, 0.3) is 0 Å². The van der Waals surface area contributed by atoms with Gasteiger partial charge in [0.15, 0.2) is 5.96 Å². The van der Waals surface area contributed by atoms with E-state index in [0.717, 1.165) is 36.1 Å². The fourth-order valence-electron chi connectivity index (χ4n) is 1.35. The van der Waals surface area contributed by atoms with Crippen molar-refractivity contribution in [2.75, 3.05) is 25.4 Å². The Morgan fingerprint density at radius 2 is 2.29 bits per heavy atom. The van der Waals surface area contributed by atoms with Crippen molar-refractivity contribution in [1.29, 1.82) is 0 Å². The fraction of sp³-hybridized carbons (Fsp3) is 0.636. The van der Waals surface area contributed by atoms with Gasteiger partial charge in [-0.2, -0.15) is 0 Å². The maximum absolute atomic E-state index is 5.87. The molecule has 6 heteroatoms. The molecule has 0 amide bonds. The summed E-state index contributed by atoms with van der Waals surface area (Å²) < 4.78 is 1.13. The van der Waals surface area contributed by atoms with E-state index in [9.17, 15) is 0 Å². The van der Waals surface area contributed by atoms with E-state index < -0.39 is 0 Å². The maximum Gasteiger partial charge on any atom is 0.191 e. The zero-order valence-corrected chi connectivity index (χ0v) is 12.1. The van der Waals surface area contributed by atoms with Gasteiger partial charge >= 0.3 is 0 Å². The summed E-state index contributed by atoms with van der Waals surface area (Å²) in [5, 5.41) is 2.00. The van der Waals surface area contributed by atoms with Crippen molar-refractivity contribution in [2.24, 2.45) is 10.7 Å². The van der Waals surface area contributed by atoms with Gasteiger partial charge in [-0.3, -0.25) is 4.99 Å². The molecular weight excluding hydrogens is 252 g/mol. The molecule has 2 N–H and O–H groups in total. The van der Waals surface area contributed by atoms with Crippen LogP contribution in [0.4, 0.5) is 0 Å². The van der Waals surface area contributed by atoms with Crippen LogP contribution in [0.5, 0.6) is 0 Å². The molecule has 0 saturated carbocycles. The first-order valence-corrected chi connectivity index (χ1v) is 7.71. The standard InChI is InChI=1S/C11H20N4S2/c1-3-15(4-2)10(12)13-6-5-8-16-11-14-7-9-17-11/h7,9H,3-6,8H2,1-2H3,(H2,12,13). The lowest BCUT2D eigenvalue weighted by Crippen LogP contribution is -2.37. The highest BCUT2D eigenvalue weighted by atomic mass is 32.2. The summed E-state index contributed by atoms with van der Waals surface area (Å²) >= 11 is 3.46. The first-order valence-electron chi connectivity index (χ1n) is 5.85. The molecular formula is C11H20N4S2. The number of nitrogens with two attached hydrogens (primary N) is 1. The Labute approximate surface area is 111 Å². The van der Waals surface area contributed by atoms with Gasteiger partial charge in [0, 0.05) is 37.0 Å². The zero-order chi connectivity index (χ0) is 12.5. The van der Waals surface area contributed by atoms with Crippen molar-refractivity contribution in [3.63, 3.8) is 0 Å². The summed E-state index contributed by atoms with van der Waals surface area (Å²) in [4.78, 5) is 10.7. The molecule has 0 fully saturated rings. The SMILES string of the molecule is CCN(CC)C(N)=NCCCSc1nccs1. The normalized spacial score (nSPS) is 11.8. The van der Waals surface area contributed by atoms with Crippen LogP contribution in [0.25, 0.3) is 0 Å². The van der Waals surface area contributed by atoms with E-state index in [0.29, 0.717) is 5.96 Å². The molecule has 1 aromatic rings. The third kappa shape index (κ3) is 5.41. The van der Waals surface area contributed by atoms with Crippen molar-refractivity contribution >= 4 is 29.1 Å². The highest BCUT2D eigenvalue weighted by Crippen LogP contribution is 2.20. The van der Waals surface area contributed by atoms with Crippen LogP contribution in [0.2, 0.25) is 0 Å². The van der Waals surface area contributed by atoms with Gasteiger partial charge in [-0.25, -0.2) is 4.98 Å². The largest absolute Gasteiger partial charge is 0.370 e. The summed E-state index contributed by atoms with van der Waals surface area (Å²) in [6, 6.07) is 0. The monoisotopic (exact) mass is 272 g/mol. The predicted molar refractivity (Wildman–Crippen MR) is 76.9 cm³/mol. The van der Waals surface area contributed by atoms with Gasteiger partial charge < -0.3 is 10.6 Å². The van der Waals surface area contributed by atoms with Crippen LogP contribution < -0.4 is 5.73 Å². The van der Waals surface area contributed by atoms with Gasteiger partial charge in [-0.05, 0) is 20.3 Å². The van der Waals surface area contributed by atoms with Crippen LogP contribution in [-0.2, 0) is 0 Å². The summed E-state index contributed by atoms with van der Waals surface area (Å²) in [7, 11) is 0. The number of aliphatic imine (C=N–C) groups is 1. The second-order valence-electron chi connectivity index (χ2n) is 3.41. The molecule has 0 spiro atoms. The molecule has 0 atom stereocenters. The maximum atomic E-state index is 5.87. The molecule has 1 aromatic heterocycles. The molecule has 1 heterocycles. The third-order valence-corrected chi connectivity index (χ3v) is 4.35. The molecule has 0 radical (unpaired) electrons. The van der Waals surface area contributed by atoms with Crippen LogP contribution in [-0.4, -0.2) is 41.2 Å². The van der Waals surface area contributed by atoms with E-state index in [1.54, 1.807) is 23.1 Å². The van der Waals surface area contributed by atoms with Crippen molar-refractivity contribution in [3.8, 4) is 0 Å². The van der Waals surface area contributed by atoms with Crippen LogP contribution in [0.1, 0.15) is 20.3 Å². The molecule has 0 aromatic carbocycles. The number of aromatic nitrogens is 1. The van der Waals surface area contributed by atoms with Gasteiger partial charge in [0.1, 0.15) is 4.34 Å². The number of rotatable bonds is 7. The number of thioether (sulfide) groups is 1. The Morgan fingerprint density at radius 3 is 2.88 bits per heavy atom. The smallest absolute Gasteiger partial charge is 0.191 e. The molecule has 0 aliphatic carbocycles. The fourth-order valence-corrected chi connectivity index (χ4v) is 2.98. The van der Waals surface area contributed by atoms with Crippen molar-refractivity contribution in [3.05, 3.63) is 11.6 Å². The van der Waals surface area contributed by atoms with Gasteiger partial charge in [-0.15, -0.1) is 11.3 Å². The number of thiazole rings is 1. The Hall–Kier alpha value is -0.750. The van der Waals surface area contributed by atoms with Crippen LogP contribution in [0.15, 0.2) is 20.9 Å². The lowest BCUT2D eigenvalue weighted by Gasteiger charge is -2.19. The minimum atomic E-state index is 0.661. The van der Waals surface area contributed by atoms with E-state index in [1.807, 2.05) is 11.6 Å². The molecule has 0 saturated heterocycles. The number of guanidine groups is 1. The topological polar surface area (TPSA) is 54.5 Å². The molecule has 96 valence electrons. The molecule has 17 heavy (non-hydrogen) atoms. The highest BCUT2D eigenvalue weighted by molar-refractivity contribution is 8.00. The van der Waals surface area contributed by atoms with Crippen LogP contribution >= 0.6 is 23.1 Å². The van der Waals surface area contributed by atoms with E-state index in [2.05, 4.69) is 28.7 Å². The predicted octanol–water partition coefficient (Wildman–Crippen LogP) is 2.28. The quantitative estimate of drug-likeness (QED) is 0.358. The molecule has 0 aliphatic heterocycles. The number of nitrogens with zero attached hydrogens (tertiary/aromatic N) is 3. The van der Waals surface area contributed by atoms with Crippen LogP contribution in [0, 0.1) is 0 Å². The van der Waals surface area contributed by atoms with Crippen molar-refractivity contribution in [1.82, 2.24) is 9.88 Å². The lowest BCUT2D eigenvalue weighted by atomic mass is 10.5. The lowest BCUT2D eigenvalue weighted by molar-refractivity contribution is 0.458. The Morgan fingerprint density at radius 1 is 1.53 bits per heavy atom. The zero-order valence-electron chi connectivity index (χ0n) is 10.4. The minimum Gasteiger partial charge on any atom is -0.370 e. The summed E-state index contributed by atoms with van der Waals surface area (Å²) in [6.07, 6.45) is 2.87. The summed E-state index contributed by atoms with van der Waals surface area (Å²) in [5.41, 5.74) is 5.87. The Kier molecular flexibility index (Phi) is 7.04. The van der Waals surface area contributed by atoms with E-state index in [4.69, 9.17) is 5.73 Å². The average molecular weight is 272 g/mol. The summed E-state index contributed by atoms with van der Waals surface area (Å²) in [6.45, 7) is 6.80. The molecule has 0 unspecified atom stereocenters. The van der Waals surface area contributed by atoms with Crippen molar-refractivity contribution in [2.45, 2.75) is 24.6 Å². The van der Waals surface area contributed by atoms with Crippen molar-refractivity contribution < 1.29 is 0 Å². The number of hydrogen-bond acceptors (Lipinski definition) is 4. The minimum absolute atomic E-state index is 0.661. The van der Waals surface area contributed by atoms with Gasteiger partial charge in [0.2, 0.25) is 0 Å². The molecule has 0 bridgehead atoms. The van der Waals surface area contributed by atoms with Gasteiger partial charge in [0.05, 0.1) is 0 Å². The second-order valence-corrected chi connectivity index (χ2v) is 5.65. The summed E-state index contributed by atoms with van der Waals surface area (Å²) in [5.74, 6) is 1.71. The highest BCUT2D eigenvalue weighted by Gasteiger charge is 2.01. The molecule has 0 aliphatic rings. The second kappa shape index (κ2) is 8.36. The average Bonchev–Trinajstić information content (AvgIpc) is 2.83. The van der Waals surface area contributed by atoms with Gasteiger partial charge in [-0.1, -0.05) is 11.8 Å². The van der Waals surface area contributed by atoms with E-state index in [1.165, 1.54) is 0 Å². The first-order chi connectivity index (χ1) is 8.27. The van der Waals surface area contributed by atoms with E-state index >= 15 is 0 Å². The number of hydrogen-bond donors (Lipinski definition) is 1.